The molecule has 0 aliphatic heterocycles. The Morgan fingerprint density at radius 1 is 0.741 bits per heavy atom. The molecule has 0 unspecified atom stereocenters. The van der Waals surface area contributed by atoms with Gasteiger partial charge in [-0.3, -0.25) is 9.59 Å². The molecule has 0 saturated heterocycles. The molecular formula is C25H30O2. The average Bonchev–Trinajstić information content (AvgIpc) is 2.95. The van der Waals surface area contributed by atoms with Gasteiger partial charge in [-0.05, 0) is 47.2 Å². The molecule has 0 bridgehead atoms. The van der Waals surface area contributed by atoms with E-state index in [-0.39, 0.29) is 28.8 Å². The number of carbonyl (C=O) groups excluding carboxylic acids is 2. The Bertz CT molecular complexity index is 827. The van der Waals surface area contributed by atoms with Gasteiger partial charge in [-0.2, -0.15) is 0 Å². The molecule has 2 aromatic carbocycles. The third-order valence-corrected chi connectivity index (χ3v) is 6.19. The van der Waals surface area contributed by atoms with Crippen LogP contribution in [0.25, 0.3) is 11.1 Å². The van der Waals surface area contributed by atoms with Crippen LogP contribution >= 0.6 is 0 Å². The summed E-state index contributed by atoms with van der Waals surface area (Å²) in [4.78, 5) is 25.2. The quantitative estimate of drug-likeness (QED) is 0.553. The number of rotatable bonds is 6. The van der Waals surface area contributed by atoms with E-state index < -0.39 is 0 Å². The molecule has 2 aromatic rings. The molecule has 142 valence electrons. The topological polar surface area (TPSA) is 34.1 Å². The van der Waals surface area contributed by atoms with E-state index in [4.69, 9.17) is 0 Å². The molecule has 2 nitrogen and oxygen atoms in total. The zero-order valence-electron chi connectivity index (χ0n) is 17.3. The van der Waals surface area contributed by atoms with E-state index >= 15 is 0 Å². The van der Waals surface area contributed by atoms with Crippen molar-refractivity contribution in [2.24, 2.45) is 11.8 Å². The summed E-state index contributed by atoms with van der Waals surface area (Å²) in [5.41, 5.74) is 6.34. The Morgan fingerprint density at radius 2 is 1.11 bits per heavy atom. The molecule has 0 atom stereocenters. The van der Waals surface area contributed by atoms with Crippen molar-refractivity contribution in [1.82, 2.24) is 0 Å². The Kier molecular flexibility index (Phi) is 5.12. The minimum Gasteiger partial charge on any atom is -0.294 e. The molecule has 0 N–H and O–H groups in total. The molecule has 2 heteroatoms. The van der Waals surface area contributed by atoms with Crippen LogP contribution in [0, 0.1) is 11.8 Å². The van der Waals surface area contributed by atoms with Crippen LogP contribution in [0.15, 0.2) is 36.4 Å². The minimum atomic E-state index is -0.134. The molecule has 0 fully saturated rings. The number of hydrogen-bond donors (Lipinski definition) is 0. The first-order valence-electron chi connectivity index (χ1n) is 10.1. The number of ketones is 2. The predicted octanol–water partition coefficient (Wildman–Crippen LogP) is 6.45. The zero-order valence-corrected chi connectivity index (χ0v) is 17.3. The largest absolute Gasteiger partial charge is 0.294 e. The normalized spacial score (nSPS) is 14.4. The van der Waals surface area contributed by atoms with E-state index in [1.54, 1.807) is 0 Å². The summed E-state index contributed by atoms with van der Waals surface area (Å²) in [6.07, 6.45) is 1.89. The van der Waals surface area contributed by atoms with Crippen molar-refractivity contribution in [3.63, 3.8) is 0 Å². The maximum atomic E-state index is 12.6. The third-order valence-electron chi connectivity index (χ3n) is 6.19. The van der Waals surface area contributed by atoms with Gasteiger partial charge in [0.25, 0.3) is 0 Å². The molecule has 0 saturated carbocycles. The second-order valence-electron chi connectivity index (χ2n) is 8.35. The predicted molar refractivity (Wildman–Crippen MR) is 112 cm³/mol. The van der Waals surface area contributed by atoms with Gasteiger partial charge >= 0.3 is 0 Å². The summed E-state index contributed by atoms with van der Waals surface area (Å²) in [7, 11) is 0. The van der Waals surface area contributed by atoms with E-state index in [2.05, 4.69) is 38.1 Å². The summed E-state index contributed by atoms with van der Waals surface area (Å²) in [5.74, 6) is 0.343. The molecular weight excluding hydrogens is 332 g/mol. The van der Waals surface area contributed by atoms with Gasteiger partial charge in [0.1, 0.15) is 0 Å². The number of fused-ring (bicyclic) bond motifs is 3. The first-order valence-corrected chi connectivity index (χ1v) is 10.1. The average molecular weight is 363 g/mol. The summed E-state index contributed by atoms with van der Waals surface area (Å²) in [5, 5.41) is 0. The van der Waals surface area contributed by atoms with Crippen LogP contribution in [-0.2, 0) is 5.41 Å². The SMILES string of the molecule is CCC1(CC)c2cc(C(=O)C(C)C)ccc2-c2ccc(C(=O)C(C)C)cc21. The minimum absolute atomic E-state index is 0.0141. The van der Waals surface area contributed by atoms with Crippen LogP contribution in [0.3, 0.4) is 0 Å². The summed E-state index contributed by atoms with van der Waals surface area (Å²) in [6.45, 7) is 12.2. The van der Waals surface area contributed by atoms with Gasteiger partial charge in [-0.1, -0.05) is 65.8 Å². The molecule has 1 aliphatic carbocycles. The van der Waals surface area contributed by atoms with E-state index in [0.717, 1.165) is 24.0 Å². The Morgan fingerprint density at radius 3 is 1.41 bits per heavy atom. The molecule has 0 aromatic heterocycles. The van der Waals surface area contributed by atoms with Crippen molar-refractivity contribution in [2.45, 2.75) is 59.8 Å². The maximum Gasteiger partial charge on any atom is 0.165 e. The number of carbonyl (C=O) groups is 2. The van der Waals surface area contributed by atoms with Crippen molar-refractivity contribution in [2.75, 3.05) is 0 Å². The third kappa shape index (κ3) is 2.96. The fourth-order valence-corrected chi connectivity index (χ4v) is 4.48. The molecule has 0 heterocycles. The molecule has 0 radical (unpaired) electrons. The van der Waals surface area contributed by atoms with Gasteiger partial charge < -0.3 is 0 Å². The summed E-state index contributed by atoms with van der Waals surface area (Å²) < 4.78 is 0. The van der Waals surface area contributed by atoms with Crippen molar-refractivity contribution in [1.29, 1.82) is 0 Å². The standard InChI is InChI=1S/C25H30O2/c1-7-25(8-2)21-13-17(23(26)15(3)4)9-11-19(21)20-12-10-18(14-22(20)25)24(27)16(5)6/h9-16H,7-8H2,1-6H3. The van der Waals surface area contributed by atoms with Crippen LogP contribution in [0.4, 0.5) is 0 Å². The second-order valence-corrected chi connectivity index (χ2v) is 8.35. The van der Waals surface area contributed by atoms with Crippen LogP contribution in [0.1, 0.15) is 86.2 Å². The second kappa shape index (κ2) is 7.07. The first-order chi connectivity index (χ1) is 12.8. The van der Waals surface area contributed by atoms with E-state index in [0.29, 0.717) is 0 Å². The van der Waals surface area contributed by atoms with Gasteiger partial charge in [0.15, 0.2) is 11.6 Å². The molecule has 3 rings (SSSR count). The highest BCUT2D eigenvalue weighted by atomic mass is 16.1. The smallest absolute Gasteiger partial charge is 0.165 e. The van der Waals surface area contributed by atoms with Crippen LogP contribution in [-0.4, -0.2) is 11.6 Å². The Balaban J connectivity index is 2.22. The number of benzene rings is 2. The van der Waals surface area contributed by atoms with Crippen molar-refractivity contribution < 1.29 is 9.59 Å². The fourth-order valence-electron chi connectivity index (χ4n) is 4.48. The highest BCUT2D eigenvalue weighted by Gasteiger charge is 2.41. The molecule has 27 heavy (non-hydrogen) atoms. The lowest BCUT2D eigenvalue weighted by atomic mass is 9.73. The molecule has 1 aliphatic rings. The number of hydrogen-bond acceptors (Lipinski definition) is 2. The van der Waals surface area contributed by atoms with E-state index in [1.807, 2.05) is 39.8 Å². The zero-order chi connectivity index (χ0) is 19.9. The van der Waals surface area contributed by atoms with Gasteiger partial charge in [0.2, 0.25) is 0 Å². The fraction of sp³-hybridized carbons (Fsp3) is 0.440. The van der Waals surface area contributed by atoms with Crippen molar-refractivity contribution >= 4 is 11.6 Å². The Labute approximate surface area is 163 Å². The van der Waals surface area contributed by atoms with Crippen LogP contribution in [0.5, 0.6) is 0 Å². The van der Waals surface area contributed by atoms with Gasteiger partial charge in [0, 0.05) is 28.4 Å². The van der Waals surface area contributed by atoms with Gasteiger partial charge in [0.05, 0.1) is 0 Å². The van der Waals surface area contributed by atoms with E-state index in [1.165, 1.54) is 22.3 Å². The van der Waals surface area contributed by atoms with Crippen molar-refractivity contribution in [3.8, 4) is 11.1 Å². The van der Waals surface area contributed by atoms with Crippen LogP contribution < -0.4 is 0 Å². The van der Waals surface area contributed by atoms with Gasteiger partial charge in [-0.25, -0.2) is 0 Å². The highest BCUT2D eigenvalue weighted by Crippen LogP contribution is 2.53. The van der Waals surface area contributed by atoms with Gasteiger partial charge in [-0.15, -0.1) is 0 Å². The highest BCUT2D eigenvalue weighted by molar-refractivity contribution is 6.00. The lowest BCUT2D eigenvalue weighted by Crippen LogP contribution is -2.24. The Hall–Kier alpha value is -2.22. The lowest BCUT2D eigenvalue weighted by molar-refractivity contribution is 0.0932. The molecule has 0 amide bonds. The van der Waals surface area contributed by atoms with Crippen molar-refractivity contribution in [3.05, 3.63) is 58.7 Å². The molecule has 0 spiro atoms. The summed E-state index contributed by atoms with van der Waals surface area (Å²) in [6, 6.07) is 12.3. The number of Topliss-reactive ketones (excluding diaryl/α,β-unsaturated/α-hetero) is 2. The maximum absolute atomic E-state index is 12.6. The lowest BCUT2D eigenvalue weighted by Gasteiger charge is -2.30. The summed E-state index contributed by atoms with van der Waals surface area (Å²) >= 11 is 0. The van der Waals surface area contributed by atoms with E-state index in [9.17, 15) is 9.59 Å². The first kappa shape index (κ1) is 19.5. The van der Waals surface area contributed by atoms with Crippen LogP contribution in [0.2, 0.25) is 0 Å². The monoisotopic (exact) mass is 362 g/mol.